The zero-order valence-electron chi connectivity index (χ0n) is 16.0. The lowest BCUT2D eigenvalue weighted by Gasteiger charge is -2.31. The number of hydrogen-bond acceptors (Lipinski definition) is 4. The van der Waals surface area contributed by atoms with Gasteiger partial charge in [-0.25, -0.2) is 9.59 Å². The highest BCUT2D eigenvalue weighted by Crippen LogP contribution is 2.30. The average molecular weight is 434 g/mol. The Hall–Kier alpha value is -2.70. The summed E-state index contributed by atoms with van der Waals surface area (Å²) >= 11 is 12.2. The van der Waals surface area contributed by atoms with Gasteiger partial charge in [-0.2, -0.15) is 0 Å². The molecule has 0 aromatic heterocycles. The van der Waals surface area contributed by atoms with Crippen LogP contribution in [0, 0.1) is 0 Å². The molecule has 0 saturated carbocycles. The molecule has 0 radical (unpaired) electrons. The Morgan fingerprint density at radius 2 is 1.79 bits per heavy atom. The second kappa shape index (κ2) is 9.20. The molecule has 0 spiro atoms. The fourth-order valence-corrected chi connectivity index (χ4v) is 3.69. The van der Waals surface area contributed by atoms with Gasteiger partial charge in [-0.1, -0.05) is 53.5 Å². The minimum absolute atomic E-state index is 0.227. The number of carbonyl (C=O) groups is 2. The first-order valence-electron chi connectivity index (χ1n) is 9.09. The summed E-state index contributed by atoms with van der Waals surface area (Å²) < 4.78 is 5.28. The third-order valence-corrected chi connectivity index (χ3v) is 4.90. The maximum Gasteiger partial charge on any atom is 0.338 e. The van der Waals surface area contributed by atoms with Crippen molar-refractivity contribution < 1.29 is 14.3 Å². The van der Waals surface area contributed by atoms with E-state index in [-0.39, 0.29) is 19.2 Å². The monoisotopic (exact) mass is 433 g/mol. The van der Waals surface area contributed by atoms with Gasteiger partial charge in [-0.05, 0) is 30.7 Å². The van der Waals surface area contributed by atoms with Gasteiger partial charge in [0.15, 0.2) is 0 Å². The quantitative estimate of drug-likeness (QED) is 0.666. The smallest absolute Gasteiger partial charge is 0.338 e. The molecule has 6 nitrogen and oxygen atoms in total. The van der Waals surface area contributed by atoms with E-state index in [1.807, 2.05) is 42.3 Å². The van der Waals surface area contributed by atoms with E-state index in [0.717, 1.165) is 11.3 Å². The van der Waals surface area contributed by atoms with Crippen LogP contribution >= 0.6 is 23.2 Å². The molecule has 3 rings (SSSR count). The molecule has 2 amide bonds. The van der Waals surface area contributed by atoms with Gasteiger partial charge in [-0.15, -0.1) is 0 Å². The summed E-state index contributed by atoms with van der Waals surface area (Å²) in [4.78, 5) is 27.0. The zero-order chi connectivity index (χ0) is 21.0. The molecule has 2 N–H and O–H groups in total. The molecule has 29 heavy (non-hydrogen) atoms. The van der Waals surface area contributed by atoms with Crippen LogP contribution in [-0.2, 0) is 9.53 Å². The predicted molar refractivity (Wildman–Crippen MR) is 114 cm³/mol. The molecule has 1 heterocycles. The molecule has 0 saturated heterocycles. The molecule has 1 atom stereocenters. The Bertz CT molecular complexity index is 927. The van der Waals surface area contributed by atoms with Crippen LogP contribution < -0.4 is 15.5 Å². The van der Waals surface area contributed by atoms with Crippen LogP contribution in [0.25, 0.3) is 0 Å². The molecule has 2 aromatic rings. The molecule has 1 aliphatic heterocycles. The molecule has 0 bridgehead atoms. The largest absolute Gasteiger partial charge is 0.463 e. The highest BCUT2D eigenvalue weighted by molar-refractivity contribution is 6.35. The van der Waals surface area contributed by atoms with E-state index in [9.17, 15) is 9.59 Å². The molecular formula is C21H21Cl2N3O3. The van der Waals surface area contributed by atoms with Gasteiger partial charge in [0, 0.05) is 22.8 Å². The number of hydrogen-bond donors (Lipinski definition) is 2. The Kier molecular flexibility index (Phi) is 6.67. The first kappa shape index (κ1) is 21.0. The van der Waals surface area contributed by atoms with Crippen LogP contribution in [0.5, 0.6) is 0 Å². The number of halogens is 2. The SMILES string of the molecule is CCOC(=O)C1=C(CN(C)c2cc(Cl)cc(Cl)c2)NC(=O)NC1c1ccccc1. The number of likely N-dealkylation sites (N-methyl/N-ethyl adjacent to an activating group) is 1. The van der Waals surface area contributed by atoms with E-state index in [0.29, 0.717) is 21.3 Å². The Morgan fingerprint density at radius 1 is 1.14 bits per heavy atom. The number of urea groups is 1. The molecule has 2 aromatic carbocycles. The lowest BCUT2D eigenvalue weighted by atomic mass is 9.95. The molecule has 1 aliphatic rings. The third-order valence-electron chi connectivity index (χ3n) is 4.47. The Morgan fingerprint density at radius 3 is 2.41 bits per heavy atom. The van der Waals surface area contributed by atoms with E-state index in [2.05, 4.69) is 10.6 Å². The summed E-state index contributed by atoms with van der Waals surface area (Å²) in [5, 5.41) is 6.56. The van der Waals surface area contributed by atoms with E-state index in [4.69, 9.17) is 27.9 Å². The second-order valence-corrected chi connectivity index (χ2v) is 7.41. The summed E-state index contributed by atoms with van der Waals surface area (Å²) in [6.07, 6.45) is 0. The number of amides is 2. The van der Waals surface area contributed by atoms with Crippen molar-refractivity contribution in [2.45, 2.75) is 13.0 Å². The van der Waals surface area contributed by atoms with Crippen LogP contribution in [0.1, 0.15) is 18.5 Å². The van der Waals surface area contributed by atoms with E-state index in [1.165, 1.54) is 0 Å². The van der Waals surface area contributed by atoms with Gasteiger partial charge in [0.05, 0.1) is 30.5 Å². The Labute approximate surface area is 179 Å². The summed E-state index contributed by atoms with van der Waals surface area (Å²) in [6.45, 7) is 2.22. The van der Waals surface area contributed by atoms with E-state index in [1.54, 1.807) is 25.1 Å². The van der Waals surface area contributed by atoms with E-state index < -0.39 is 12.0 Å². The van der Waals surface area contributed by atoms with Crippen molar-refractivity contribution >= 4 is 40.9 Å². The molecule has 0 aliphatic carbocycles. The summed E-state index contributed by atoms with van der Waals surface area (Å²) in [7, 11) is 1.82. The van der Waals surface area contributed by atoms with Crippen molar-refractivity contribution in [3.05, 3.63) is 75.4 Å². The summed E-state index contributed by atoms with van der Waals surface area (Å²) in [6, 6.07) is 13.4. The van der Waals surface area contributed by atoms with Crippen molar-refractivity contribution in [1.29, 1.82) is 0 Å². The lowest BCUT2D eigenvalue weighted by molar-refractivity contribution is -0.139. The maximum absolute atomic E-state index is 12.8. The molecule has 8 heteroatoms. The number of rotatable bonds is 6. The van der Waals surface area contributed by atoms with Gasteiger partial charge in [0.1, 0.15) is 0 Å². The highest BCUT2D eigenvalue weighted by atomic mass is 35.5. The molecule has 152 valence electrons. The number of nitrogens with zero attached hydrogens (tertiary/aromatic N) is 1. The fourth-order valence-electron chi connectivity index (χ4n) is 3.18. The highest BCUT2D eigenvalue weighted by Gasteiger charge is 2.34. The van der Waals surface area contributed by atoms with Crippen LogP contribution in [0.3, 0.4) is 0 Å². The van der Waals surface area contributed by atoms with Crippen LogP contribution in [0.2, 0.25) is 10.0 Å². The standard InChI is InChI=1S/C21H21Cl2N3O3/c1-3-29-20(27)18-17(12-26(2)16-10-14(22)9-15(23)11-16)24-21(28)25-19(18)13-7-5-4-6-8-13/h4-11,19H,3,12H2,1-2H3,(H2,24,25,28). The topological polar surface area (TPSA) is 70.7 Å². The third kappa shape index (κ3) is 5.02. The van der Waals surface area contributed by atoms with Gasteiger partial charge in [0.2, 0.25) is 0 Å². The van der Waals surface area contributed by atoms with Crippen LogP contribution in [0.15, 0.2) is 59.8 Å². The van der Waals surface area contributed by atoms with Gasteiger partial charge >= 0.3 is 12.0 Å². The molecular weight excluding hydrogens is 413 g/mol. The number of nitrogens with one attached hydrogen (secondary N) is 2. The fraction of sp³-hybridized carbons (Fsp3) is 0.238. The number of carbonyl (C=O) groups excluding carboxylic acids is 2. The second-order valence-electron chi connectivity index (χ2n) is 6.54. The van der Waals surface area contributed by atoms with Gasteiger partial charge in [0.25, 0.3) is 0 Å². The first-order chi connectivity index (χ1) is 13.9. The molecule has 0 fully saturated rings. The number of esters is 1. The minimum atomic E-state index is -0.615. The van der Waals surface area contributed by atoms with E-state index >= 15 is 0 Å². The van der Waals surface area contributed by atoms with Crippen molar-refractivity contribution in [1.82, 2.24) is 10.6 Å². The maximum atomic E-state index is 12.8. The first-order valence-corrected chi connectivity index (χ1v) is 9.84. The van der Waals surface area contributed by atoms with Gasteiger partial charge < -0.3 is 20.3 Å². The average Bonchev–Trinajstić information content (AvgIpc) is 2.67. The summed E-state index contributed by atoms with van der Waals surface area (Å²) in [5.74, 6) is -0.485. The van der Waals surface area contributed by atoms with Crippen LogP contribution in [0.4, 0.5) is 10.5 Å². The minimum Gasteiger partial charge on any atom is -0.463 e. The van der Waals surface area contributed by atoms with Crippen molar-refractivity contribution in [2.24, 2.45) is 0 Å². The Balaban J connectivity index is 2.02. The normalized spacial score (nSPS) is 16.1. The lowest BCUT2D eigenvalue weighted by Crippen LogP contribution is -2.48. The zero-order valence-corrected chi connectivity index (χ0v) is 17.6. The van der Waals surface area contributed by atoms with Crippen molar-refractivity contribution in [3.8, 4) is 0 Å². The van der Waals surface area contributed by atoms with Crippen molar-refractivity contribution in [2.75, 3.05) is 25.1 Å². The predicted octanol–water partition coefficient (Wildman–Crippen LogP) is 4.30. The van der Waals surface area contributed by atoms with Crippen LogP contribution in [-0.4, -0.2) is 32.2 Å². The molecule has 1 unspecified atom stereocenters. The van der Waals surface area contributed by atoms with Crippen molar-refractivity contribution in [3.63, 3.8) is 0 Å². The number of ether oxygens (including phenoxy) is 1. The number of benzene rings is 2. The number of anilines is 1. The van der Waals surface area contributed by atoms with Gasteiger partial charge in [-0.3, -0.25) is 0 Å². The summed E-state index contributed by atoms with van der Waals surface area (Å²) in [5.41, 5.74) is 2.36.